The number of aryl methyl sites for hydroxylation is 1. The zero-order valence-corrected chi connectivity index (χ0v) is 7.17. The van der Waals surface area contributed by atoms with Crippen molar-refractivity contribution >= 4 is 5.78 Å². The summed E-state index contributed by atoms with van der Waals surface area (Å²) < 4.78 is 5.25. The molecule has 1 aromatic rings. The number of furan rings is 1. The minimum atomic E-state index is 0.189. The highest BCUT2D eigenvalue weighted by atomic mass is 16.3. The number of Topliss-reactive ketones (excluding diaryl/α,β-unsaturated/α-hetero) is 1. The summed E-state index contributed by atoms with van der Waals surface area (Å²) >= 11 is 0. The quantitative estimate of drug-likeness (QED) is 0.629. The minimum absolute atomic E-state index is 0.189. The minimum Gasteiger partial charge on any atom is -0.458 e. The molecule has 0 spiro atoms. The summed E-state index contributed by atoms with van der Waals surface area (Å²) in [4.78, 5) is 11.5. The molecule has 0 saturated heterocycles. The van der Waals surface area contributed by atoms with E-state index in [0.717, 1.165) is 18.6 Å². The van der Waals surface area contributed by atoms with E-state index in [-0.39, 0.29) is 11.7 Å². The smallest absolute Gasteiger partial charge is 0.201 e. The van der Waals surface area contributed by atoms with Crippen molar-refractivity contribution in [1.82, 2.24) is 0 Å². The average Bonchev–Trinajstić information content (AvgIpc) is 2.31. The molecule has 1 fully saturated rings. The van der Waals surface area contributed by atoms with E-state index in [0.29, 0.717) is 5.76 Å². The van der Waals surface area contributed by atoms with Crippen molar-refractivity contribution in [3.8, 4) is 0 Å². The average molecular weight is 164 g/mol. The van der Waals surface area contributed by atoms with E-state index in [9.17, 15) is 4.79 Å². The van der Waals surface area contributed by atoms with E-state index in [1.165, 1.54) is 6.42 Å². The lowest BCUT2D eigenvalue weighted by atomic mass is 9.81. The second-order valence-electron chi connectivity index (χ2n) is 3.40. The van der Waals surface area contributed by atoms with Crippen molar-refractivity contribution in [2.45, 2.75) is 26.2 Å². The Hall–Kier alpha value is -1.05. The summed E-state index contributed by atoms with van der Waals surface area (Å²) in [6.45, 7) is 1.86. The zero-order valence-electron chi connectivity index (χ0n) is 7.17. The Balaban J connectivity index is 2.13. The van der Waals surface area contributed by atoms with E-state index in [1.54, 1.807) is 6.07 Å². The van der Waals surface area contributed by atoms with Crippen LogP contribution < -0.4 is 0 Å². The van der Waals surface area contributed by atoms with Crippen LogP contribution in [0.3, 0.4) is 0 Å². The molecule has 2 nitrogen and oxygen atoms in total. The Labute approximate surface area is 71.6 Å². The van der Waals surface area contributed by atoms with Gasteiger partial charge in [-0.05, 0) is 31.9 Å². The standard InChI is InChI=1S/C10H12O2/c1-7-5-6-9(12-7)10(11)8-3-2-4-8/h5-6,8H,2-4H2,1H3. The first-order chi connectivity index (χ1) is 5.77. The number of rotatable bonds is 2. The van der Waals surface area contributed by atoms with Crippen LogP contribution >= 0.6 is 0 Å². The predicted molar refractivity (Wildman–Crippen MR) is 45.1 cm³/mol. The number of hydrogen-bond acceptors (Lipinski definition) is 2. The van der Waals surface area contributed by atoms with E-state index in [1.807, 2.05) is 13.0 Å². The maximum absolute atomic E-state index is 11.5. The molecule has 1 aromatic heterocycles. The van der Waals surface area contributed by atoms with Crippen LogP contribution in [-0.2, 0) is 0 Å². The van der Waals surface area contributed by atoms with Gasteiger partial charge in [-0.15, -0.1) is 0 Å². The lowest BCUT2D eigenvalue weighted by Crippen LogP contribution is -2.21. The summed E-state index contributed by atoms with van der Waals surface area (Å²) in [7, 11) is 0. The van der Waals surface area contributed by atoms with Crippen molar-refractivity contribution < 1.29 is 9.21 Å². The van der Waals surface area contributed by atoms with Crippen LogP contribution in [-0.4, -0.2) is 5.78 Å². The van der Waals surface area contributed by atoms with E-state index >= 15 is 0 Å². The van der Waals surface area contributed by atoms with Crippen molar-refractivity contribution in [1.29, 1.82) is 0 Å². The number of carbonyl (C=O) groups is 1. The topological polar surface area (TPSA) is 30.2 Å². The van der Waals surface area contributed by atoms with Gasteiger partial charge in [0.25, 0.3) is 0 Å². The Bertz CT molecular complexity index is 295. The molecule has 0 amide bonds. The number of hydrogen-bond donors (Lipinski definition) is 0. The molecule has 0 aromatic carbocycles. The lowest BCUT2D eigenvalue weighted by molar-refractivity contribution is 0.0824. The van der Waals surface area contributed by atoms with Gasteiger partial charge in [0.15, 0.2) is 5.76 Å². The second kappa shape index (κ2) is 2.77. The lowest BCUT2D eigenvalue weighted by Gasteiger charge is -2.22. The summed E-state index contributed by atoms with van der Waals surface area (Å²) in [6, 6.07) is 3.61. The van der Waals surface area contributed by atoms with Crippen LogP contribution in [0.2, 0.25) is 0 Å². The third kappa shape index (κ3) is 1.17. The summed E-state index contributed by atoms with van der Waals surface area (Å²) in [6.07, 6.45) is 3.27. The molecule has 1 saturated carbocycles. The highest BCUT2D eigenvalue weighted by Gasteiger charge is 2.27. The Morgan fingerprint density at radius 3 is 2.67 bits per heavy atom. The molecule has 2 heteroatoms. The maximum atomic E-state index is 11.5. The largest absolute Gasteiger partial charge is 0.458 e. The van der Waals surface area contributed by atoms with Gasteiger partial charge in [0.05, 0.1) is 0 Å². The van der Waals surface area contributed by atoms with E-state index in [4.69, 9.17) is 4.42 Å². The van der Waals surface area contributed by atoms with Crippen molar-refractivity contribution in [2.75, 3.05) is 0 Å². The molecule has 1 heterocycles. The van der Waals surface area contributed by atoms with Gasteiger partial charge < -0.3 is 4.42 Å². The number of ketones is 1. The normalized spacial score (nSPS) is 17.4. The van der Waals surface area contributed by atoms with Crippen LogP contribution in [0.25, 0.3) is 0 Å². The fraction of sp³-hybridized carbons (Fsp3) is 0.500. The molecule has 0 aliphatic heterocycles. The van der Waals surface area contributed by atoms with E-state index < -0.39 is 0 Å². The van der Waals surface area contributed by atoms with Gasteiger partial charge >= 0.3 is 0 Å². The highest BCUT2D eigenvalue weighted by molar-refractivity contribution is 5.95. The van der Waals surface area contributed by atoms with Crippen LogP contribution in [0.15, 0.2) is 16.5 Å². The van der Waals surface area contributed by atoms with Gasteiger partial charge in [-0.1, -0.05) is 6.42 Å². The fourth-order valence-electron chi connectivity index (χ4n) is 1.44. The fourth-order valence-corrected chi connectivity index (χ4v) is 1.44. The molecule has 64 valence electrons. The Morgan fingerprint density at radius 1 is 1.50 bits per heavy atom. The molecule has 1 aliphatic rings. The molecule has 1 aliphatic carbocycles. The van der Waals surface area contributed by atoms with Crippen LogP contribution in [0, 0.1) is 12.8 Å². The third-order valence-corrected chi connectivity index (χ3v) is 2.46. The molecule has 12 heavy (non-hydrogen) atoms. The predicted octanol–water partition coefficient (Wildman–Crippen LogP) is 2.57. The molecule has 0 unspecified atom stereocenters. The highest BCUT2D eigenvalue weighted by Crippen LogP contribution is 2.30. The molecule has 0 atom stereocenters. The molecular formula is C10H12O2. The maximum Gasteiger partial charge on any atom is 0.201 e. The first-order valence-electron chi connectivity index (χ1n) is 4.38. The SMILES string of the molecule is Cc1ccc(C(=O)C2CCC2)o1. The summed E-state index contributed by atoms with van der Waals surface area (Å²) in [5, 5.41) is 0. The van der Waals surface area contributed by atoms with Gasteiger partial charge in [0.1, 0.15) is 5.76 Å². The van der Waals surface area contributed by atoms with Gasteiger partial charge in [0, 0.05) is 5.92 Å². The first kappa shape index (κ1) is 7.59. The molecule has 0 bridgehead atoms. The van der Waals surface area contributed by atoms with Crippen molar-refractivity contribution in [2.24, 2.45) is 5.92 Å². The molecular weight excluding hydrogens is 152 g/mol. The summed E-state index contributed by atoms with van der Waals surface area (Å²) in [5.41, 5.74) is 0. The van der Waals surface area contributed by atoms with E-state index in [2.05, 4.69) is 0 Å². The monoisotopic (exact) mass is 164 g/mol. The first-order valence-corrected chi connectivity index (χ1v) is 4.38. The zero-order chi connectivity index (χ0) is 8.55. The van der Waals surface area contributed by atoms with Crippen LogP contribution in [0.4, 0.5) is 0 Å². The van der Waals surface area contributed by atoms with Crippen molar-refractivity contribution in [3.63, 3.8) is 0 Å². The Morgan fingerprint density at radius 2 is 2.25 bits per heavy atom. The second-order valence-corrected chi connectivity index (χ2v) is 3.40. The molecule has 0 radical (unpaired) electrons. The van der Waals surface area contributed by atoms with Gasteiger partial charge in [0.2, 0.25) is 5.78 Å². The molecule has 0 N–H and O–H groups in total. The summed E-state index contributed by atoms with van der Waals surface area (Å²) in [5.74, 6) is 1.79. The van der Waals surface area contributed by atoms with Crippen LogP contribution in [0.1, 0.15) is 35.6 Å². The van der Waals surface area contributed by atoms with Crippen molar-refractivity contribution in [3.05, 3.63) is 23.7 Å². The molecule has 2 rings (SSSR count). The van der Waals surface area contributed by atoms with Gasteiger partial charge in [-0.2, -0.15) is 0 Å². The Kier molecular flexibility index (Phi) is 1.75. The van der Waals surface area contributed by atoms with Gasteiger partial charge in [-0.25, -0.2) is 0 Å². The number of carbonyl (C=O) groups excluding carboxylic acids is 1. The third-order valence-electron chi connectivity index (χ3n) is 2.46. The van der Waals surface area contributed by atoms with Crippen LogP contribution in [0.5, 0.6) is 0 Å². The van der Waals surface area contributed by atoms with Gasteiger partial charge in [-0.3, -0.25) is 4.79 Å².